The van der Waals surface area contributed by atoms with Crippen LogP contribution in [0.25, 0.3) is 44.7 Å². The molecule has 3 nitrogen and oxygen atoms in total. The molecule has 0 spiro atoms. The second-order valence-corrected chi connectivity index (χ2v) is 5.92. The molecule has 0 bridgehead atoms. The Bertz CT molecular complexity index is 1160. The van der Waals surface area contributed by atoms with E-state index in [1.807, 2.05) is 60.7 Å². The van der Waals surface area contributed by atoms with Crippen molar-refractivity contribution >= 4 is 22.0 Å². The zero-order valence-electron chi connectivity index (χ0n) is 13.4. The zero-order valence-corrected chi connectivity index (χ0v) is 13.4. The number of benzene rings is 3. The summed E-state index contributed by atoms with van der Waals surface area (Å²) in [4.78, 5) is 9.49. The van der Waals surface area contributed by atoms with Crippen molar-refractivity contribution in [2.24, 2.45) is 0 Å². The van der Waals surface area contributed by atoms with Gasteiger partial charge in [-0.05, 0) is 24.3 Å². The molecule has 0 amide bonds. The smallest absolute Gasteiger partial charge is 0.228 e. The Labute approximate surface area is 144 Å². The Balaban J connectivity index is 1.81. The standard InChI is InChI=1S/C22H14N2O/c1-2-8-15(9-3-1)20-14-17(16-10-4-5-11-18(16)23-20)22-24-19-12-6-7-13-21(19)25-22/h1-14H. The molecule has 5 aromatic rings. The van der Waals surface area contributed by atoms with E-state index in [2.05, 4.69) is 29.2 Å². The van der Waals surface area contributed by atoms with Gasteiger partial charge in [0.05, 0.1) is 11.2 Å². The van der Waals surface area contributed by atoms with Crippen LogP contribution in [0.5, 0.6) is 0 Å². The lowest BCUT2D eigenvalue weighted by molar-refractivity contribution is 0.620. The summed E-state index contributed by atoms with van der Waals surface area (Å²) in [5, 5.41) is 1.04. The highest BCUT2D eigenvalue weighted by atomic mass is 16.3. The van der Waals surface area contributed by atoms with E-state index in [-0.39, 0.29) is 0 Å². The van der Waals surface area contributed by atoms with Crippen LogP contribution in [0.15, 0.2) is 89.3 Å². The van der Waals surface area contributed by atoms with Gasteiger partial charge in [0.25, 0.3) is 0 Å². The number of oxazole rings is 1. The second kappa shape index (κ2) is 5.56. The van der Waals surface area contributed by atoms with E-state index in [1.165, 1.54) is 0 Å². The van der Waals surface area contributed by atoms with Gasteiger partial charge in [0.2, 0.25) is 5.89 Å². The molecule has 0 radical (unpaired) electrons. The van der Waals surface area contributed by atoms with Crippen LogP contribution in [0, 0.1) is 0 Å². The highest BCUT2D eigenvalue weighted by Gasteiger charge is 2.14. The summed E-state index contributed by atoms with van der Waals surface area (Å²) in [5.74, 6) is 0.622. The molecule has 25 heavy (non-hydrogen) atoms. The summed E-state index contributed by atoms with van der Waals surface area (Å²) in [6.45, 7) is 0. The number of hydrogen-bond acceptors (Lipinski definition) is 3. The van der Waals surface area contributed by atoms with Gasteiger partial charge in [-0.3, -0.25) is 0 Å². The lowest BCUT2D eigenvalue weighted by atomic mass is 10.0. The third kappa shape index (κ3) is 2.37. The summed E-state index contributed by atoms with van der Waals surface area (Å²) >= 11 is 0. The fourth-order valence-electron chi connectivity index (χ4n) is 3.10. The zero-order chi connectivity index (χ0) is 16.6. The number of fused-ring (bicyclic) bond motifs is 2. The maximum absolute atomic E-state index is 6.01. The van der Waals surface area contributed by atoms with E-state index < -0.39 is 0 Å². The number of nitrogens with zero attached hydrogens (tertiary/aromatic N) is 2. The average Bonchev–Trinajstić information content (AvgIpc) is 3.12. The van der Waals surface area contributed by atoms with E-state index in [4.69, 9.17) is 9.40 Å². The van der Waals surface area contributed by atoms with E-state index in [0.29, 0.717) is 5.89 Å². The monoisotopic (exact) mass is 322 g/mol. The maximum atomic E-state index is 6.01. The van der Waals surface area contributed by atoms with Crippen LogP contribution in [0.4, 0.5) is 0 Å². The molecule has 118 valence electrons. The van der Waals surface area contributed by atoms with Crippen LogP contribution in [0.1, 0.15) is 0 Å². The van der Waals surface area contributed by atoms with E-state index >= 15 is 0 Å². The third-order valence-electron chi connectivity index (χ3n) is 4.31. The third-order valence-corrected chi connectivity index (χ3v) is 4.31. The summed E-state index contributed by atoms with van der Waals surface area (Å²) < 4.78 is 6.01. The van der Waals surface area contributed by atoms with Gasteiger partial charge in [-0.25, -0.2) is 9.97 Å². The normalized spacial score (nSPS) is 11.2. The van der Waals surface area contributed by atoms with Crippen molar-refractivity contribution in [2.75, 3.05) is 0 Å². The van der Waals surface area contributed by atoms with Crippen LogP contribution in [-0.2, 0) is 0 Å². The molecule has 5 rings (SSSR count). The van der Waals surface area contributed by atoms with Crippen LogP contribution >= 0.6 is 0 Å². The molecule has 0 saturated heterocycles. The van der Waals surface area contributed by atoms with Crippen LogP contribution in [-0.4, -0.2) is 9.97 Å². The molecule has 0 unspecified atom stereocenters. The summed E-state index contributed by atoms with van der Waals surface area (Å²) in [7, 11) is 0. The van der Waals surface area contributed by atoms with Crippen molar-refractivity contribution in [3.8, 4) is 22.7 Å². The maximum Gasteiger partial charge on any atom is 0.228 e. The molecule has 3 heteroatoms. The molecule has 0 aliphatic carbocycles. The predicted octanol–water partition coefficient (Wildman–Crippen LogP) is 5.71. The molecule has 0 aliphatic rings. The molecule has 0 fully saturated rings. The molecular weight excluding hydrogens is 308 g/mol. The highest BCUT2D eigenvalue weighted by molar-refractivity contribution is 5.95. The molecule has 0 atom stereocenters. The Morgan fingerprint density at radius 2 is 1.36 bits per heavy atom. The van der Waals surface area contributed by atoms with Gasteiger partial charge in [0, 0.05) is 16.5 Å². The second-order valence-electron chi connectivity index (χ2n) is 5.92. The van der Waals surface area contributed by atoms with Crippen molar-refractivity contribution < 1.29 is 4.42 Å². The molecule has 0 N–H and O–H groups in total. The summed E-state index contributed by atoms with van der Waals surface area (Å²) in [6.07, 6.45) is 0. The first kappa shape index (κ1) is 13.9. The van der Waals surface area contributed by atoms with Crippen LogP contribution < -0.4 is 0 Å². The van der Waals surface area contributed by atoms with E-state index in [9.17, 15) is 0 Å². The first-order valence-electron chi connectivity index (χ1n) is 8.20. The summed E-state index contributed by atoms with van der Waals surface area (Å²) in [6, 6.07) is 28.1. The van der Waals surface area contributed by atoms with Crippen molar-refractivity contribution in [1.29, 1.82) is 0 Å². The summed E-state index contributed by atoms with van der Waals surface area (Å²) in [5.41, 5.74) is 5.53. The molecular formula is C22H14N2O. The van der Waals surface area contributed by atoms with Gasteiger partial charge in [0.15, 0.2) is 5.58 Å². The van der Waals surface area contributed by atoms with E-state index in [0.717, 1.165) is 38.8 Å². The Hall–Kier alpha value is -3.46. The number of hydrogen-bond donors (Lipinski definition) is 0. The van der Waals surface area contributed by atoms with Gasteiger partial charge in [0.1, 0.15) is 5.52 Å². The van der Waals surface area contributed by atoms with Gasteiger partial charge >= 0.3 is 0 Å². The van der Waals surface area contributed by atoms with Crippen molar-refractivity contribution in [3.63, 3.8) is 0 Å². The Morgan fingerprint density at radius 1 is 0.640 bits per heavy atom. The topological polar surface area (TPSA) is 38.9 Å². The largest absolute Gasteiger partial charge is 0.436 e. The van der Waals surface area contributed by atoms with E-state index in [1.54, 1.807) is 0 Å². The predicted molar refractivity (Wildman–Crippen MR) is 100 cm³/mol. The lowest BCUT2D eigenvalue weighted by Crippen LogP contribution is -1.89. The Morgan fingerprint density at radius 3 is 2.20 bits per heavy atom. The van der Waals surface area contributed by atoms with Gasteiger partial charge in [-0.2, -0.15) is 0 Å². The molecule has 0 saturated carbocycles. The molecule has 2 aromatic heterocycles. The molecule has 0 aliphatic heterocycles. The number of para-hydroxylation sites is 3. The SMILES string of the molecule is c1ccc(-c2cc(-c3nc4ccccc4o3)c3ccccc3n2)cc1. The number of aromatic nitrogens is 2. The quantitative estimate of drug-likeness (QED) is 0.418. The van der Waals surface area contributed by atoms with Gasteiger partial charge in [-0.15, -0.1) is 0 Å². The fraction of sp³-hybridized carbons (Fsp3) is 0. The molecule has 2 heterocycles. The Kier molecular flexibility index (Phi) is 3.10. The minimum Gasteiger partial charge on any atom is -0.436 e. The average molecular weight is 322 g/mol. The van der Waals surface area contributed by atoms with Crippen LogP contribution in [0.2, 0.25) is 0 Å². The minimum atomic E-state index is 0.622. The lowest BCUT2D eigenvalue weighted by Gasteiger charge is -2.07. The first-order chi connectivity index (χ1) is 12.4. The highest BCUT2D eigenvalue weighted by Crippen LogP contribution is 2.33. The van der Waals surface area contributed by atoms with Crippen LogP contribution in [0.3, 0.4) is 0 Å². The van der Waals surface area contributed by atoms with Crippen molar-refractivity contribution in [1.82, 2.24) is 9.97 Å². The number of pyridine rings is 1. The first-order valence-corrected chi connectivity index (χ1v) is 8.20. The molecule has 3 aromatic carbocycles. The van der Waals surface area contributed by atoms with Crippen molar-refractivity contribution in [2.45, 2.75) is 0 Å². The van der Waals surface area contributed by atoms with Gasteiger partial charge in [-0.1, -0.05) is 60.7 Å². The number of rotatable bonds is 2. The minimum absolute atomic E-state index is 0.622. The van der Waals surface area contributed by atoms with Gasteiger partial charge < -0.3 is 4.42 Å². The van der Waals surface area contributed by atoms with Crippen molar-refractivity contribution in [3.05, 3.63) is 84.9 Å². The fourth-order valence-corrected chi connectivity index (χ4v) is 3.10.